The molecule has 0 spiro atoms. The number of nitrogens with one attached hydrogen (secondary N) is 3. The Bertz CT molecular complexity index is 467. The Morgan fingerprint density at radius 3 is 2.75 bits per heavy atom. The molecule has 0 fully saturated rings. The average molecular weight is 245 g/mol. The van der Waals surface area contributed by atoms with Gasteiger partial charge in [0.05, 0.1) is 11.7 Å². The number of amidine groups is 1. The Morgan fingerprint density at radius 1 is 1.75 bits per heavy atom. The normalized spacial score (nSPS) is 15.6. The molecule has 1 aromatic rings. The van der Waals surface area contributed by atoms with Crippen LogP contribution >= 0.6 is 0 Å². The number of aromatic amines is 1. The van der Waals surface area contributed by atoms with Crippen LogP contribution in [-0.4, -0.2) is 30.0 Å². The van der Waals surface area contributed by atoms with E-state index in [1.165, 1.54) is 12.3 Å². The van der Waals surface area contributed by atoms with E-state index in [0.29, 0.717) is 6.42 Å². The first-order valence-electron chi connectivity index (χ1n) is 4.69. The molecule has 0 bridgehead atoms. The van der Waals surface area contributed by atoms with Crippen molar-refractivity contribution in [3.8, 4) is 0 Å². The summed E-state index contributed by atoms with van der Waals surface area (Å²) in [5.41, 5.74) is 4.29. The van der Waals surface area contributed by atoms with Crippen molar-refractivity contribution in [2.75, 3.05) is 0 Å². The van der Waals surface area contributed by atoms with E-state index in [9.17, 15) is 8.42 Å². The fourth-order valence-electron chi connectivity index (χ4n) is 1.06. The summed E-state index contributed by atoms with van der Waals surface area (Å²) in [7, 11) is -3.72. The quantitative estimate of drug-likeness (QED) is 0.423. The van der Waals surface area contributed by atoms with Crippen molar-refractivity contribution in [1.82, 2.24) is 14.9 Å². The Kier molecular flexibility index (Phi) is 3.34. The van der Waals surface area contributed by atoms with Crippen LogP contribution in [0.15, 0.2) is 17.3 Å². The predicted molar refractivity (Wildman–Crippen MR) is 59.5 cm³/mol. The summed E-state index contributed by atoms with van der Waals surface area (Å²) in [6, 6.07) is 1.33. The van der Waals surface area contributed by atoms with Gasteiger partial charge in [0.2, 0.25) is 0 Å². The zero-order chi connectivity index (χ0) is 12.4. The van der Waals surface area contributed by atoms with E-state index in [4.69, 9.17) is 11.1 Å². The molecule has 0 saturated carbocycles. The van der Waals surface area contributed by atoms with Crippen LogP contribution in [0, 0.1) is 5.41 Å². The SMILES string of the molecule is CCC(C)(NS(=O)(=O)c1ccn[nH]1)C(=N)N. The van der Waals surface area contributed by atoms with E-state index in [1.54, 1.807) is 13.8 Å². The van der Waals surface area contributed by atoms with Gasteiger partial charge in [-0.05, 0) is 19.4 Å². The maximum atomic E-state index is 11.8. The lowest BCUT2D eigenvalue weighted by Gasteiger charge is -2.27. The van der Waals surface area contributed by atoms with Crippen molar-refractivity contribution >= 4 is 15.9 Å². The number of sulfonamides is 1. The van der Waals surface area contributed by atoms with E-state index >= 15 is 0 Å². The van der Waals surface area contributed by atoms with Gasteiger partial charge in [-0.1, -0.05) is 6.92 Å². The molecule has 0 aliphatic carbocycles. The molecule has 1 rings (SSSR count). The van der Waals surface area contributed by atoms with Crippen molar-refractivity contribution in [3.05, 3.63) is 12.3 Å². The summed E-state index contributed by atoms with van der Waals surface area (Å²) >= 11 is 0. The second-order valence-electron chi connectivity index (χ2n) is 3.63. The third-order valence-corrected chi connectivity index (χ3v) is 3.95. The number of H-pyrrole nitrogens is 1. The second-order valence-corrected chi connectivity index (χ2v) is 5.28. The molecular weight excluding hydrogens is 230 g/mol. The van der Waals surface area contributed by atoms with Crippen LogP contribution < -0.4 is 10.5 Å². The minimum atomic E-state index is -3.72. The Labute approximate surface area is 94.0 Å². The van der Waals surface area contributed by atoms with E-state index in [1.807, 2.05) is 0 Å². The monoisotopic (exact) mass is 245 g/mol. The van der Waals surface area contributed by atoms with E-state index in [0.717, 1.165) is 0 Å². The maximum absolute atomic E-state index is 11.8. The molecule has 1 heterocycles. The average Bonchev–Trinajstić information content (AvgIpc) is 2.70. The molecular formula is C8H15N5O2S. The van der Waals surface area contributed by atoms with E-state index in [2.05, 4.69) is 14.9 Å². The minimum Gasteiger partial charge on any atom is -0.386 e. The Hall–Kier alpha value is -1.41. The molecule has 0 aliphatic rings. The molecule has 1 aromatic heterocycles. The van der Waals surface area contributed by atoms with Gasteiger partial charge in [0.1, 0.15) is 5.84 Å². The summed E-state index contributed by atoms with van der Waals surface area (Å²) in [5, 5.41) is 13.2. The predicted octanol–water partition coefficient (Wildman–Crippen LogP) is -0.207. The third-order valence-electron chi connectivity index (χ3n) is 2.43. The summed E-state index contributed by atoms with van der Waals surface area (Å²) in [5.74, 6) is -0.224. The summed E-state index contributed by atoms with van der Waals surface area (Å²) in [6.45, 7) is 3.31. The van der Waals surface area contributed by atoms with Gasteiger partial charge < -0.3 is 5.73 Å². The molecule has 1 unspecified atom stereocenters. The topological polar surface area (TPSA) is 125 Å². The highest BCUT2D eigenvalue weighted by Crippen LogP contribution is 2.13. The molecule has 1 atom stereocenters. The van der Waals surface area contributed by atoms with Crippen LogP contribution in [0.1, 0.15) is 20.3 Å². The standard InChI is InChI=1S/C8H15N5O2S/c1-3-8(2,7(9)10)13-16(14,15)6-4-5-11-12-6/h4-5,13H,3H2,1-2H3,(H3,9,10)(H,11,12). The van der Waals surface area contributed by atoms with Crippen LogP contribution in [0.2, 0.25) is 0 Å². The first-order valence-corrected chi connectivity index (χ1v) is 6.18. The fourth-order valence-corrected chi connectivity index (χ4v) is 2.43. The van der Waals surface area contributed by atoms with Crippen molar-refractivity contribution in [1.29, 1.82) is 5.41 Å². The van der Waals surface area contributed by atoms with Gasteiger partial charge in [0.25, 0.3) is 10.0 Å². The van der Waals surface area contributed by atoms with Crippen LogP contribution in [0.5, 0.6) is 0 Å². The molecule has 0 aromatic carbocycles. The first kappa shape index (κ1) is 12.7. The lowest BCUT2D eigenvalue weighted by Crippen LogP contribution is -2.54. The summed E-state index contributed by atoms with van der Waals surface area (Å²) in [4.78, 5) is 0. The van der Waals surface area contributed by atoms with Crippen molar-refractivity contribution in [2.24, 2.45) is 5.73 Å². The van der Waals surface area contributed by atoms with Gasteiger partial charge in [0.15, 0.2) is 5.03 Å². The van der Waals surface area contributed by atoms with Gasteiger partial charge in [-0.2, -0.15) is 9.82 Å². The molecule has 16 heavy (non-hydrogen) atoms. The minimum absolute atomic E-state index is 0.0478. The molecule has 5 N–H and O–H groups in total. The zero-order valence-electron chi connectivity index (χ0n) is 9.11. The summed E-state index contributed by atoms with van der Waals surface area (Å²) < 4.78 is 26.0. The number of hydrogen-bond donors (Lipinski definition) is 4. The van der Waals surface area contributed by atoms with Gasteiger partial charge in [-0.3, -0.25) is 10.5 Å². The Balaban J connectivity index is 3.01. The molecule has 7 nitrogen and oxygen atoms in total. The molecule has 8 heteroatoms. The number of aromatic nitrogens is 2. The van der Waals surface area contributed by atoms with Crippen molar-refractivity contribution < 1.29 is 8.42 Å². The maximum Gasteiger partial charge on any atom is 0.258 e. The smallest absolute Gasteiger partial charge is 0.258 e. The van der Waals surface area contributed by atoms with Gasteiger partial charge in [0, 0.05) is 0 Å². The van der Waals surface area contributed by atoms with E-state index in [-0.39, 0.29) is 10.9 Å². The van der Waals surface area contributed by atoms with Gasteiger partial charge >= 0.3 is 0 Å². The number of nitrogens with two attached hydrogens (primary N) is 1. The third kappa shape index (κ3) is 2.39. The highest BCUT2D eigenvalue weighted by Gasteiger charge is 2.32. The fraction of sp³-hybridized carbons (Fsp3) is 0.500. The van der Waals surface area contributed by atoms with Gasteiger partial charge in [-0.25, -0.2) is 8.42 Å². The van der Waals surface area contributed by atoms with Crippen LogP contribution in [0.3, 0.4) is 0 Å². The zero-order valence-corrected chi connectivity index (χ0v) is 9.93. The molecule has 90 valence electrons. The highest BCUT2D eigenvalue weighted by atomic mass is 32.2. The van der Waals surface area contributed by atoms with Gasteiger partial charge in [-0.15, -0.1) is 0 Å². The second kappa shape index (κ2) is 4.22. The lowest BCUT2D eigenvalue weighted by atomic mass is 10.00. The van der Waals surface area contributed by atoms with E-state index < -0.39 is 15.6 Å². The number of nitrogens with zero attached hydrogens (tertiary/aromatic N) is 1. The first-order chi connectivity index (χ1) is 7.32. The van der Waals surface area contributed by atoms with Crippen LogP contribution in [0.25, 0.3) is 0 Å². The van der Waals surface area contributed by atoms with Crippen molar-refractivity contribution in [3.63, 3.8) is 0 Å². The lowest BCUT2D eigenvalue weighted by molar-refractivity contribution is 0.503. The molecule has 0 radical (unpaired) electrons. The molecule has 0 aliphatic heterocycles. The summed E-state index contributed by atoms with van der Waals surface area (Å²) in [6.07, 6.45) is 1.72. The number of hydrogen-bond acceptors (Lipinski definition) is 4. The number of rotatable bonds is 5. The van der Waals surface area contributed by atoms with Crippen molar-refractivity contribution in [2.45, 2.75) is 30.8 Å². The highest BCUT2D eigenvalue weighted by molar-refractivity contribution is 7.89. The van der Waals surface area contributed by atoms with Crippen LogP contribution in [-0.2, 0) is 10.0 Å². The molecule has 0 saturated heterocycles. The molecule has 0 amide bonds. The van der Waals surface area contributed by atoms with Crippen LogP contribution in [0.4, 0.5) is 0 Å². The largest absolute Gasteiger partial charge is 0.386 e. The Morgan fingerprint density at radius 2 is 2.38 bits per heavy atom.